The first-order chi connectivity index (χ1) is 28.1. The Morgan fingerprint density at radius 1 is 0.707 bits per heavy atom. The highest BCUT2D eigenvalue weighted by atomic mass is 19.1. The fraction of sp³-hybridized carbons (Fsp3) is 0.293. The SMILES string of the molecule is C=CC(=O)N1CCN(c2ncnc3c(=O)n(-c4c(F)cccc4OC)c(C)cc23)CC1.COc1cccc(F)c1-n1c(C)cc2c(N3CCNCC3)ncnc2c1=O. The Balaban J connectivity index is 0.000000178. The minimum atomic E-state index is -0.568. The molecule has 0 spiro atoms. The summed E-state index contributed by atoms with van der Waals surface area (Å²) in [7, 11) is 2.88. The van der Waals surface area contributed by atoms with E-state index in [1.165, 1.54) is 60.3 Å². The van der Waals surface area contributed by atoms with Gasteiger partial charge in [0.05, 0.1) is 25.0 Å². The van der Waals surface area contributed by atoms with Crippen molar-refractivity contribution in [2.75, 3.05) is 76.4 Å². The Labute approximate surface area is 331 Å². The minimum absolute atomic E-state index is 0.0473. The molecule has 0 aliphatic carbocycles. The molecule has 2 saturated heterocycles. The molecule has 8 rings (SSSR count). The Morgan fingerprint density at radius 2 is 1.16 bits per heavy atom. The van der Waals surface area contributed by atoms with Crippen LogP contribution >= 0.6 is 0 Å². The van der Waals surface area contributed by atoms with E-state index in [2.05, 4.69) is 36.7 Å². The highest BCUT2D eigenvalue weighted by molar-refractivity contribution is 5.91. The molecule has 58 heavy (non-hydrogen) atoms. The molecule has 15 nitrogen and oxygen atoms in total. The number of halogens is 2. The number of benzene rings is 2. The van der Waals surface area contributed by atoms with Crippen LogP contribution < -0.4 is 35.7 Å². The molecular weight excluding hydrogens is 751 g/mol. The zero-order valence-corrected chi connectivity index (χ0v) is 32.5. The maximum atomic E-state index is 14.7. The van der Waals surface area contributed by atoms with Crippen molar-refractivity contribution in [2.45, 2.75) is 13.8 Å². The van der Waals surface area contributed by atoms with Gasteiger partial charge in [0, 0.05) is 63.7 Å². The Hall–Kier alpha value is -6.75. The van der Waals surface area contributed by atoms with Crippen molar-refractivity contribution in [2.24, 2.45) is 0 Å². The lowest BCUT2D eigenvalue weighted by Gasteiger charge is -2.35. The number of amides is 1. The van der Waals surface area contributed by atoms with Gasteiger partial charge in [0.25, 0.3) is 11.1 Å². The van der Waals surface area contributed by atoms with Crippen LogP contribution in [0, 0.1) is 25.5 Å². The molecule has 2 aromatic carbocycles. The molecule has 1 amide bonds. The predicted molar refractivity (Wildman–Crippen MR) is 217 cm³/mol. The second kappa shape index (κ2) is 16.8. The van der Waals surface area contributed by atoms with Gasteiger partial charge in [0.2, 0.25) is 5.91 Å². The molecule has 6 heterocycles. The summed E-state index contributed by atoms with van der Waals surface area (Å²) in [5.41, 5.74) is 0.840. The van der Waals surface area contributed by atoms with E-state index in [0.717, 1.165) is 32.0 Å². The topological polar surface area (TPSA) is 153 Å². The largest absolute Gasteiger partial charge is 0.494 e. The normalized spacial score (nSPS) is 14.3. The maximum Gasteiger partial charge on any atom is 0.282 e. The summed E-state index contributed by atoms with van der Waals surface area (Å²) in [6.07, 6.45) is 4.02. The van der Waals surface area contributed by atoms with Gasteiger partial charge >= 0.3 is 0 Å². The van der Waals surface area contributed by atoms with Crippen LogP contribution in [0.5, 0.6) is 11.5 Å². The number of nitrogens with one attached hydrogen (secondary N) is 1. The van der Waals surface area contributed by atoms with E-state index >= 15 is 0 Å². The first-order valence-corrected chi connectivity index (χ1v) is 18.6. The van der Waals surface area contributed by atoms with E-state index in [-0.39, 0.29) is 39.8 Å². The molecule has 0 unspecified atom stereocenters. The molecule has 4 aromatic heterocycles. The van der Waals surface area contributed by atoms with Gasteiger partial charge in [-0.1, -0.05) is 18.7 Å². The van der Waals surface area contributed by atoms with E-state index in [1.54, 1.807) is 43.0 Å². The number of hydrogen-bond donors (Lipinski definition) is 1. The summed E-state index contributed by atoms with van der Waals surface area (Å²) in [5.74, 6) is 0.678. The number of rotatable bonds is 7. The zero-order chi connectivity index (χ0) is 41.1. The van der Waals surface area contributed by atoms with Crippen LogP contribution in [-0.4, -0.2) is 106 Å². The predicted octanol–water partition coefficient (Wildman–Crippen LogP) is 3.72. The van der Waals surface area contributed by atoms with E-state index in [0.29, 0.717) is 54.2 Å². The van der Waals surface area contributed by atoms with E-state index in [4.69, 9.17) is 9.47 Å². The van der Waals surface area contributed by atoms with Crippen LogP contribution in [0.15, 0.2) is 83.4 Å². The number of pyridine rings is 2. The second-order valence-corrected chi connectivity index (χ2v) is 13.6. The lowest BCUT2D eigenvalue weighted by molar-refractivity contribution is -0.126. The number of piperazine rings is 2. The van der Waals surface area contributed by atoms with Gasteiger partial charge in [-0.15, -0.1) is 0 Å². The summed E-state index contributed by atoms with van der Waals surface area (Å²) in [6.45, 7) is 12.5. The third-order valence-corrected chi connectivity index (χ3v) is 10.2. The zero-order valence-electron chi connectivity index (χ0n) is 32.5. The molecule has 1 N–H and O–H groups in total. The molecule has 300 valence electrons. The number of carbonyl (C=O) groups is 1. The van der Waals surface area contributed by atoms with Gasteiger partial charge in [-0.25, -0.2) is 28.7 Å². The molecule has 6 aromatic rings. The molecule has 2 aliphatic heterocycles. The van der Waals surface area contributed by atoms with Crippen LogP contribution in [0.3, 0.4) is 0 Å². The smallest absolute Gasteiger partial charge is 0.282 e. The number of nitrogens with zero attached hydrogens (tertiary/aromatic N) is 9. The summed E-state index contributed by atoms with van der Waals surface area (Å²) in [5, 5.41) is 4.56. The molecular formula is C41H42F2N10O5. The van der Waals surface area contributed by atoms with Gasteiger partial charge in [0.15, 0.2) is 11.6 Å². The minimum Gasteiger partial charge on any atom is -0.494 e. The average Bonchev–Trinajstić information content (AvgIpc) is 3.24. The number of hydrogen-bond acceptors (Lipinski definition) is 12. The van der Waals surface area contributed by atoms with Crippen LogP contribution in [0.1, 0.15) is 11.4 Å². The van der Waals surface area contributed by atoms with Crippen molar-refractivity contribution in [3.8, 4) is 22.9 Å². The van der Waals surface area contributed by atoms with Crippen molar-refractivity contribution >= 4 is 39.3 Å². The molecule has 0 atom stereocenters. The van der Waals surface area contributed by atoms with Crippen molar-refractivity contribution < 1.29 is 23.0 Å². The van der Waals surface area contributed by atoms with Crippen LogP contribution in [0.4, 0.5) is 20.4 Å². The number of carbonyl (C=O) groups excluding carboxylic acids is 1. The van der Waals surface area contributed by atoms with Crippen molar-refractivity contribution in [1.82, 2.24) is 39.3 Å². The van der Waals surface area contributed by atoms with Crippen LogP contribution in [0.2, 0.25) is 0 Å². The highest BCUT2D eigenvalue weighted by Crippen LogP contribution is 2.30. The van der Waals surface area contributed by atoms with Gasteiger partial charge in [-0.3, -0.25) is 23.5 Å². The summed E-state index contributed by atoms with van der Waals surface area (Å²) >= 11 is 0. The number of fused-ring (bicyclic) bond motifs is 2. The number of methoxy groups -OCH3 is 2. The lowest BCUT2D eigenvalue weighted by Crippen LogP contribution is -2.48. The van der Waals surface area contributed by atoms with Gasteiger partial charge in [-0.2, -0.15) is 0 Å². The standard InChI is InChI=1S/C22H22FN5O3.C19H20FN5O2/c1-4-18(29)26-8-10-27(11-9-26)21-15-12-14(2)28(22(30)19(15)24-13-25-21)20-16(23)6-5-7-17(20)31-3;1-12-10-13-16(22-11-23-18(13)24-8-6-21-7-9-24)19(26)25(12)17-14(20)4-3-5-15(17)27-2/h4-7,12-13H,1,8-11H2,2-3H3;3-5,10-11,21H,6-9H2,1-2H3. The van der Waals surface area contributed by atoms with E-state index < -0.39 is 22.8 Å². The van der Waals surface area contributed by atoms with Crippen molar-refractivity contribution in [1.29, 1.82) is 0 Å². The number of ether oxygens (including phenoxy) is 2. The van der Waals surface area contributed by atoms with Crippen molar-refractivity contribution in [3.05, 3.63) is 118 Å². The van der Waals surface area contributed by atoms with Crippen molar-refractivity contribution in [3.63, 3.8) is 0 Å². The van der Waals surface area contributed by atoms with Crippen LogP contribution in [-0.2, 0) is 4.79 Å². The summed E-state index contributed by atoms with van der Waals surface area (Å²) < 4.78 is 42.4. The molecule has 2 fully saturated rings. The Bertz CT molecular complexity index is 2650. The average molecular weight is 793 g/mol. The van der Waals surface area contributed by atoms with Crippen LogP contribution in [0.25, 0.3) is 33.2 Å². The third kappa shape index (κ3) is 7.31. The maximum absolute atomic E-state index is 14.7. The Kier molecular flexibility index (Phi) is 11.4. The van der Waals surface area contributed by atoms with E-state index in [1.807, 2.05) is 11.0 Å². The quantitative estimate of drug-likeness (QED) is 0.235. The number of anilines is 2. The third-order valence-electron chi connectivity index (χ3n) is 10.2. The number of aromatic nitrogens is 6. The molecule has 0 radical (unpaired) electrons. The molecule has 2 aliphatic rings. The Morgan fingerprint density at radius 3 is 1.59 bits per heavy atom. The molecule has 17 heteroatoms. The van der Waals surface area contributed by atoms with Gasteiger partial charge in [0.1, 0.15) is 58.2 Å². The fourth-order valence-electron chi connectivity index (χ4n) is 7.42. The molecule has 0 saturated carbocycles. The first-order valence-electron chi connectivity index (χ1n) is 18.6. The lowest BCUT2D eigenvalue weighted by atomic mass is 10.2. The number of aryl methyl sites for hydroxylation is 2. The number of para-hydroxylation sites is 2. The summed E-state index contributed by atoms with van der Waals surface area (Å²) in [4.78, 5) is 61.5. The fourth-order valence-corrected chi connectivity index (χ4v) is 7.42. The molecule has 0 bridgehead atoms. The first kappa shape index (κ1) is 39.5. The second-order valence-electron chi connectivity index (χ2n) is 13.6. The monoisotopic (exact) mass is 792 g/mol. The van der Waals surface area contributed by atoms with E-state index in [9.17, 15) is 23.2 Å². The highest BCUT2D eigenvalue weighted by Gasteiger charge is 2.25. The summed E-state index contributed by atoms with van der Waals surface area (Å²) in [6, 6.07) is 12.5. The van der Waals surface area contributed by atoms with Gasteiger partial charge in [-0.05, 0) is 56.3 Å². The van der Waals surface area contributed by atoms with Gasteiger partial charge < -0.3 is 29.5 Å².